The molecule has 2 atom stereocenters. The summed E-state index contributed by atoms with van der Waals surface area (Å²) >= 11 is 0. The number of pyridine rings is 1. The molecule has 1 fully saturated rings. The van der Waals surface area contributed by atoms with Crippen molar-refractivity contribution >= 4 is 0 Å². The van der Waals surface area contributed by atoms with Gasteiger partial charge in [0, 0.05) is 30.9 Å². The Hall–Kier alpha value is -1.79. The van der Waals surface area contributed by atoms with E-state index in [9.17, 15) is 0 Å². The molecule has 0 radical (unpaired) electrons. The van der Waals surface area contributed by atoms with Crippen LogP contribution in [-0.2, 0) is 6.54 Å². The molecule has 0 amide bonds. The van der Waals surface area contributed by atoms with Crippen LogP contribution in [0.25, 0.3) is 0 Å². The van der Waals surface area contributed by atoms with Crippen LogP contribution in [0.1, 0.15) is 49.5 Å². The number of aromatic nitrogens is 3. The Labute approximate surface area is 143 Å². The van der Waals surface area contributed by atoms with Crippen molar-refractivity contribution in [3.8, 4) is 0 Å². The summed E-state index contributed by atoms with van der Waals surface area (Å²) in [4.78, 5) is 13.5. The predicted molar refractivity (Wildman–Crippen MR) is 92.4 cm³/mol. The molecule has 6 heteroatoms. The predicted octanol–water partition coefficient (Wildman–Crippen LogP) is 2.71. The monoisotopic (exact) mass is 329 g/mol. The van der Waals surface area contributed by atoms with Gasteiger partial charge >= 0.3 is 0 Å². The Kier molecular flexibility index (Phi) is 5.26. The third-order valence-corrected chi connectivity index (χ3v) is 4.74. The Balaban J connectivity index is 1.63. The van der Waals surface area contributed by atoms with E-state index in [0.717, 1.165) is 25.5 Å². The lowest BCUT2D eigenvalue weighted by Gasteiger charge is -2.28. The van der Waals surface area contributed by atoms with Crippen LogP contribution in [0.3, 0.4) is 0 Å². The maximum atomic E-state index is 5.30. The maximum Gasteiger partial charge on any atom is 0.229 e. The highest BCUT2D eigenvalue weighted by atomic mass is 16.5. The van der Waals surface area contributed by atoms with Crippen molar-refractivity contribution in [2.45, 2.75) is 38.8 Å². The lowest BCUT2D eigenvalue weighted by atomic mass is 9.94. The van der Waals surface area contributed by atoms with Gasteiger partial charge in [-0.05, 0) is 44.6 Å². The van der Waals surface area contributed by atoms with E-state index in [4.69, 9.17) is 4.52 Å². The molecule has 1 saturated heterocycles. The first kappa shape index (κ1) is 17.0. The Morgan fingerprint density at radius 1 is 1.42 bits per heavy atom. The topological polar surface area (TPSA) is 58.3 Å². The second-order valence-corrected chi connectivity index (χ2v) is 7.16. The van der Waals surface area contributed by atoms with E-state index >= 15 is 0 Å². The summed E-state index contributed by atoms with van der Waals surface area (Å²) in [5, 5.41) is 4.10. The minimum atomic E-state index is 0.273. The molecule has 0 bridgehead atoms. The standard InChI is InChI=1S/C18H27N5O/c1-13(2)18-20-16(21-24-18)12-22(3)11-15-7-9-23(4)17(15)14-6-5-8-19-10-14/h5-6,8,10,13,15,17H,7,9,11-12H2,1-4H3/t15-,17-/m0/s1. The molecule has 0 aliphatic carbocycles. The van der Waals surface area contributed by atoms with Crippen LogP contribution in [0.2, 0.25) is 0 Å². The summed E-state index contributed by atoms with van der Waals surface area (Å²) in [6.45, 7) is 6.98. The van der Waals surface area contributed by atoms with Crippen LogP contribution in [0, 0.1) is 5.92 Å². The van der Waals surface area contributed by atoms with Gasteiger partial charge in [-0.25, -0.2) is 0 Å². The highest BCUT2D eigenvalue weighted by molar-refractivity contribution is 5.17. The summed E-state index contributed by atoms with van der Waals surface area (Å²) < 4.78 is 5.30. The highest BCUT2D eigenvalue weighted by Gasteiger charge is 2.33. The Morgan fingerprint density at radius 3 is 2.92 bits per heavy atom. The minimum absolute atomic E-state index is 0.273. The fourth-order valence-electron chi connectivity index (χ4n) is 3.57. The first-order valence-electron chi connectivity index (χ1n) is 8.65. The fourth-order valence-corrected chi connectivity index (χ4v) is 3.57. The zero-order valence-electron chi connectivity index (χ0n) is 15.0. The molecule has 1 aliphatic rings. The van der Waals surface area contributed by atoms with Gasteiger partial charge in [-0.15, -0.1) is 0 Å². The molecule has 3 heterocycles. The average molecular weight is 329 g/mol. The number of rotatable bonds is 6. The minimum Gasteiger partial charge on any atom is -0.339 e. The normalized spacial score (nSPS) is 21.9. The molecule has 0 unspecified atom stereocenters. The van der Waals surface area contributed by atoms with Crippen molar-refractivity contribution in [1.82, 2.24) is 24.9 Å². The van der Waals surface area contributed by atoms with Crippen LogP contribution in [0.5, 0.6) is 0 Å². The van der Waals surface area contributed by atoms with Gasteiger partial charge < -0.3 is 4.52 Å². The van der Waals surface area contributed by atoms with Gasteiger partial charge in [0.2, 0.25) is 5.89 Å². The molecule has 24 heavy (non-hydrogen) atoms. The SMILES string of the molecule is CC(C)c1nc(CN(C)C[C@@H]2CCN(C)[C@H]2c2cccnc2)no1. The average Bonchev–Trinajstić information content (AvgIpc) is 3.15. The van der Waals surface area contributed by atoms with Crippen LogP contribution in [0.4, 0.5) is 0 Å². The van der Waals surface area contributed by atoms with E-state index in [1.165, 1.54) is 12.0 Å². The van der Waals surface area contributed by atoms with Crippen molar-refractivity contribution in [2.75, 3.05) is 27.2 Å². The van der Waals surface area contributed by atoms with E-state index < -0.39 is 0 Å². The van der Waals surface area contributed by atoms with Crippen LogP contribution < -0.4 is 0 Å². The van der Waals surface area contributed by atoms with Crippen molar-refractivity contribution in [1.29, 1.82) is 0 Å². The van der Waals surface area contributed by atoms with Crippen LogP contribution in [-0.4, -0.2) is 52.1 Å². The van der Waals surface area contributed by atoms with E-state index in [1.807, 2.05) is 18.5 Å². The lowest BCUT2D eigenvalue weighted by Crippen LogP contribution is -2.30. The van der Waals surface area contributed by atoms with Gasteiger partial charge in [0.05, 0.1) is 6.54 Å². The molecule has 0 N–H and O–H groups in total. The van der Waals surface area contributed by atoms with E-state index in [-0.39, 0.29) is 5.92 Å². The van der Waals surface area contributed by atoms with Gasteiger partial charge in [-0.2, -0.15) is 4.98 Å². The number of nitrogens with zero attached hydrogens (tertiary/aromatic N) is 5. The first-order valence-corrected chi connectivity index (χ1v) is 8.65. The third-order valence-electron chi connectivity index (χ3n) is 4.74. The lowest BCUT2D eigenvalue weighted by molar-refractivity contribution is 0.209. The largest absolute Gasteiger partial charge is 0.339 e. The van der Waals surface area contributed by atoms with E-state index in [0.29, 0.717) is 17.9 Å². The molecule has 3 rings (SSSR count). The van der Waals surface area contributed by atoms with Gasteiger partial charge in [-0.1, -0.05) is 25.1 Å². The van der Waals surface area contributed by atoms with Crippen molar-refractivity contribution in [3.05, 3.63) is 41.8 Å². The summed E-state index contributed by atoms with van der Waals surface area (Å²) in [6.07, 6.45) is 5.03. The quantitative estimate of drug-likeness (QED) is 0.812. The zero-order chi connectivity index (χ0) is 17.1. The smallest absolute Gasteiger partial charge is 0.229 e. The zero-order valence-corrected chi connectivity index (χ0v) is 15.0. The van der Waals surface area contributed by atoms with Crippen LogP contribution >= 0.6 is 0 Å². The molecule has 0 saturated carbocycles. The molecule has 130 valence electrons. The maximum absolute atomic E-state index is 5.30. The second kappa shape index (κ2) is 7.40. The van der Waals surface area contributed by atoms with Gasteiger partial charge in [0.1, 0.15) is 0 Å². The molecule has 2 aromatic rings. The molecular formula is C18H27N5O. The number of hydrogen-bond donors (Lipinski definition) is 0. The Morgan fingerprint density at radius 2 is 2.25 bits per heavy atom. The van der Waals surface area contributed by atoms with Gasteiger partial charge in [0.15, 0.2) is 5.82 Å². The van der Waals surface area contributed by atoms with Gasteiger partial charge in [0.25, 0.3) is 0 Å². The van der Waals surface area contributed by atoms with Crippen molar-refractivity contribution < 1.29 is 4.52 Å². The number of likely N-dealkylation sites (tertiary alicyclic amines) is 1. The fraction of sp³-hybridized carbons (Fsp3) is 0.611. The molecule has 0 aromatic carbocycles. The third kappa shape index (κ3) is 3.82. The van der Waals surface area contributed by atoms with Crippen LogP contribution in [0.15, 0.2) is 29.0 Å². The Bertz CT molecular complexity index is 642. The van der Waals surface area contributed by atoms with E-state index in [2.05, 4.69) is 58.9 Å². The van der Waals surface area contributed by atoms with Crippen molar-refractivity contribution in [2.24, 2.45) is 5.92 Å². The molecule has 6 nitrogen and oxygen atoms in total. The summed E-state index contributed by atoms with van der Waals surface area (Å²) in [6, 6.07) is 4.63. The van der Waals surface area contributed by atoms with Crippen molar-refractivity contribution in [3.63, 3.8) is 0 Å². The molecule has 0 spiro atoms. The van der Waals surface area contributed by atoms with Gasteiger partial charge in [-0.3, -0.25) is 14.8 Å². The first-order chi connectivity index (χ1) is 11.5. The molecule has 2 aromatic heterocycles. The second-order valence-electron chi connectivity index (χ2n) is 7.16. The summed E-state index contributed by atoms with van der Waals surface area (Å²) in [5.74, 6) is 2.34. The summed E-state index contributed by atoms with van der Waals surface area (Å²) in [7, 11) is 4.33. The molecule has 1 aliphatic heterocycles. The summed E-state index contributed by atoms with van der Waals surface area (Å²) in [5.41, 5.74) is 1.30. The van der Waals surface area contributed by atoms with E-state index in [1.54, 1.807) is 0 Å². The number of hydrogen-bond acceptors (Lipinski definition) is 6. The molecular weight excluding hydrogens is 302 g/mol. The highest BCUT2D eigenvalue weighted by Crippen LogP contribution is 2.36.